The van der Waals surface area contributed by atoms with E-state index in [1.807, 2.05) is 0 Å². The third kappa shape index (κ3) is 4.83. The zero-order valence-corrected chi connectivity index (χ0v) is 19.5. The average Bonchev–Trinajstić information content (AvgIpc) is 3.53. The second-order valence-electron chi connectivity index (χ2n) is 8.98. The molecule has 3 aromatic heterocycles. The second-order valence-corrected chi connectivity index (χ2v) is 8.98. The Balaban J connectivity index is 1.36. The number of benzene rings is 1. The van der Waals surface area contributed by atoms with E-state index in [2.05, 4.69) is 30.8 Å². The van der Waals surface area contributed by atoms with Gasteiger partial charge in [0.25, 0.3) is 0 Å². The Kier molecular flexibility index (Phi) is 6.25. The van der Waals surface area contributed by atoms with Gasteiger partial charge in [0.1, 0.15) is 29.6 Å². The molecule has 0 radical (unpaired) electrons. The molecule has 3 N–H and O–H groups in total. The minimum Gasteiger partial charge on any atom is -0.443 e. The van der Waals surface area contributed by atoms with Crippen molar-refractivity contribution in [3.8, 4) is 11.3 Å². The summed E-state index contributed by atoms with van der Waals surface area (Å²) in [5.74, 6) is -1.29. The van der Waals surface area contributed by atoms with E-state index in [1.54, 1.807) is 42.8 Å². The molecule has 1 aliphatic carbocycles. The van der Waals surface area contributed by atoms with Gasteiger partial charge < -0.3 is 15.4 Å². The Morgan fingerprint density at radius 1 is 1.17 bits per heavy atom. The molecule has 1 saturated carbocycles. The van der Waals surface area contributed by atoms with E-state index >= 15 is 4.39 Å². The van der Waals surface area contributed by atoms with E-state index in [1.165, 1.54) is 12.1 Å². The van der Waals surface area contributed by atoms with Crippen LogP contribution in [0, 0.1) is 11.6 Å². The molecule has 3 atom stereocenters. The normalized spacial score (nSPS) is 19.7. The van der Waals surface area contributed by atoms with Gasteiger partial charge in [-0.2, -0.15) is 5.10 Å². The van der Waals surface area contributed by atoms with Gasteiger partial charge in [0.2, 0.25) is 5.95 Å². The molecule has 188 valence electrons. The summed E-state index contributed by atoms with van der Waals surface area (Å²) in [6.07, 6.45) is 1.24. The standard InChI is InChI=1S/C24H24F3N7O2/c1-12(2)29-24(35)36-19-4-3-16(22(19)27)18-10-20(33-32-18)31-23-30-17(11-21-28-5-6-34(21)23)13-7-14(25)9-15(26)8-13/h5-12,16,19,22H,3-4H2,1-2H3,(H,29,35)(H2,30,31,32,33)/t16-,19-,22-/m0/s1. The number of imidazole rings is 1. The number of fused-ring (bicyclic) bond motifs is 1. The number of hydrogen-bond donors (Lipinski definition) is 3. The van der Waals surface area contributed by atoms with Crippen LogP contribution in [0.15, 0.2) is 42.7 Å². The van der Waals surface area contributed by atoms with Gasteiger partial charge in [0.15, 0.2) is 5.82 Å². The van der Waals surface area contributed by atoms with Crippen LogP contribution in [0.5, 0.6) is 0 Å². The minimum absolute atomic E-state index is 0.108. The molecule has 1 fully saturated rings. The van der Waals surface area contributed by atoms with Crippen LogP contribution in [0.1, 0.15) is 38.3 Å². The van der Waals surface area contributed by atoms with Crippen LogP contribution in [0.4, 0.5) is 29.7 Å². The Labute approximate surface area is 204 Å². The van der Waals surface area contributed by atoms with Gasteiger partial charge >= 0.3 is 6.09 Å². The number of amides is 1. The molecule has 1 aliphatic rings. The van der Waals surface area contributed by atoms with E-state index in [4.69, 9.17) is 4.74 Å². The predicted molar refractivity (Wildman–Crippen MR) is 126 cm³/mol. The molecule has 9 nitrogen and oxygen atoms in total. The third-order valence-corrected chi connectivity index (χ3v) is 5.95. The number of alkyl carbamates (subject to hydrolysis) is 1. The van der Waals surface area contributed by atoms with Crippen molar-refractivity contribution in [1.82, 2.24) is 29.9 Å². The van der Waals surface area contributed by atoms with Crippen LogP contribution in [0.25, 0.3) is 16.9 Å². The van der Waals surface area contributed by atoms with Gasteiger partial charge in [0, 0.05) is 53.8 Å². The smallest absolute Gasteiger partial charge is 0.407 e. The predicted octanol–water partition coefficient (Wildman–Crippen LogP) is 4.86. The second kappa shape index (κ2) is 9.51. The highest BCUT2D eigenvalue weighted by Crippen LogP contribution is 2.38. The van der Waals surface area contributed by atoms with Gasteiger partial charge in [-0.1, -0.05) is 0 Å². The van der Waals surface area contributed by atoms with Gasteiger partial charge in [-0.25, -0.2) is 27.9 Å². The molecule has 36 heavy (non-hydrogen) atoms. The highest BCUT2D eigenvalue weighted by Gasteiger charge is 2.41. The largest absolute Gasteiger partial charge is 0.443 e. The summed E-state index contributed by atoms with van der Waals surface area (Å²) in [6, 6.07) is 6.31. The number of alkyl halides is 1. The first-order chi connectivity index (χ1) is 17.3. The molecule has 5 rings (SSSR count). The molecule has 0 saturated heterocycles. The lowest BCUT2D eigenvalue weighted by molar-refractivity contribution is 0.0555. The van der Waals surface area contributed by atoms with Gasteiger partial charge in [0.05, 0.1) is 5.69 Å². The highest BCUT2D eigenvalue weighted by atomic mass is 19.1. The molecule has 12 heteroatoms. The van der Waals surface area contributed by atoms with Crippen molar-refractivity contribution in [3.05, 3.63) is 60.1 Å². The zero-order chi connectivity index (χ0) is 25.4. The van der Waals surface area contributed by atoms with Crippen LogP contribution in [0.2, 0.25) is 0 Å². The number of anilines is 2. The van der Waals surface area contributed by atoms with Crippen molar-refractivity contribution in [3.63, 3.8) is 0 Å². The number of nitrogens with one attached hydrogen (secondary N) is 3. The molecular weight excluding hydrogens is 475 g/mol. The van der Waals surface area contributed by atoms with Crippen LogP contribution >= 0.6 is 0 Å². The Morgan fingerprint density at radius 3 is 2.69 bits per heavy atom. The number of ether oxygens (including phenoxy) is 1. The number of aromatic nitrogens is 5. The fraction of sp³-hybridized carbons (Fsp3) is 0.333. The summed E-state index contributed by atoms with van der Waals surface area (Å²) in [6.45, 7) is 3.59. The topological polar surface area (TPSA) is 109 Å². The van der Waals surface area contributed by atoms with Crippen molar-refractivity contribution >= 4 is 23.5 Å². The quantitative estimate of drug-likeness (QED) is 0.350. The van der Waals surface area contributed by atoms with Crippen LogP contribution in [-0.4, -0.2) is 49.0 Å². The fourth-order valence-electron chi connectivity index (χ4n) is 4.35. The van der Waals surface area contributed by atoms with E-state index in [0.717, 1.165) is 6.07 Å². The van der Waals surface area contributed by atoms with Crippen LogP contribution < -0.4 is 10.6 Å². The summed E-state index contributed by atoms with van der Waals surface area (Å²) < 4.78 is 49.5. The first-order valence-corrected chi connectivity index (χ1v) is 11.5. The lowest BCUT2D eigenvalue weighted by Crippen LogP contribution is -2.36. The SMILES string of the molecule is CC(C)NC(=O)O[C@H]1CC[C@@H](c2cc(Nc3nc(-c4cc(F)cc(F)c4)cc4nccn34)n[nH]2)[C@@H]1F. The van der Waals surface area contributed by atoms with Gasteiger partial charge in [-0.3, -0.25) is 9.50 Å². The maximum atomic E-state index is 15.1. The van der Waals surface area contributed by atoms with E-state index in [9.17, 15) is 13.6 Å². The monoisotopic (exact) mass is 499 g/mol. The number of aromatic amines is 1. The number of halogens is 3. The van der Waals surface area contributed by atoms with Crippen LogP contribution in [0.3, 0.4) is 0 Å². The maximum Gasteiger partial charge on any atom is 0.407 e. The summed E-state index contributed by atoms with van der Waals surface area (Å²) in [5, 5.41) is 12.7. The fourth-order valence-corrected chi connectivity index (χ4v) is 4.35. The summed E-state index contributed by atoms with van der Waals surface area (Å²) in [5.41, 5.74) is 1.61. The number of hydrogen-bond acceptors (Lipinski definition) is 6. The van der Waals surface area contributed by atoms with Crippen molar-refractivity contribution in [2.75, 3.05) is 5.32 Å². The van der Waals surface area contributed by atoms with Crippen molar-refractivity contribution in [2.24, 2.45) is 0 Å². The molecule has 0 aliphatic heterocycles. The lowest BCUT2D eigenvalue weighted by Gasteiger charge is -2.18. The summed E-state index contributed by atoms with van der Waals surface area (Å²) in [4.78, 5) is 20.6. The first-order valence-electron chi connectivity index (χ1n) is 11.5. The maximum absolute atomic E-state index is 15.1. The molecular formula is C24H24F3N7O2. The lowest BCUT2D eigenvalue weighted by atomic mass is 10.0. The Bertz CT molecular complexity index is 1380. The van der Waals surface area contributed by atoms with Crippen molar-refractivity contribution in [2.45, 2.75) is 50.9 Å². The minimum atomic E-state index is -1.39. The molecule has 0 bridgehead atoms. The molecule has 1 amide bonds. The highest BCUT2D eigenvalue weighted by molar-refractivity contribution is 5.68. The van der Waals surface area contributed by atoms with Gasteiger partial charge in [-0.05, 0) is 38.8 Å². The summed E-state index contributed by atoms with van der Waals surface area (Å²) in [7, 11) is 0. The van der Waals surface area contributed by atoms with Crippen LogP contribution in [-0.2, 0) is 4.74 Å². The van der Waals surface area contributed by atoms with Gasteiger partial charge in [-0.15, -0.1) is 0 Å². The number of carbonyl (C=O) groups is 1. The van der Waals surface area contributed by atoms with E-state index < -0.39 is 35.9 Å². The molecule has 0 unspecified atom stereocenters. The number of H-pyrrole nitrogens is 1. The Morgan fingerprint density at radius 2 is 1.94 bits per heavy atom. The molecule has 4 aromatic rings. The van der Waals surface area contributed by atoms with E-state index in [-0.39, 0.29) is 11.6 Å². The number of rotatable bonds is 6. The summed E-state index contributed by atoms with van der Waals surface area (Å²) >= 11 is 0. The zero-order valence-electron chi connectivity index (χ0n) is 19.5. The molecule has 1 aromatic carbocycles. The van der Waals surface area contributed by atoms with E-state index in [0.29, 0.717) is 41.6 Å². The number of carbonyl (C=O) groups excluding carboxylic acids is 1. The number of nitrogens with zero attached hydrogens (tertiary/aromatic N) is 4. The van der Waals surface area contributed by atoms with Crippen molar-refractivity contribution in [1.29, 1.82) is 0 Å². The average molecular weight is 499 g/mol. The third-order valence-electron chi connectivity index (χ3n) is 5.95. The Hall–Kier alpha value is -4.09. The van der Waals surface area contributed by atoms with Crippen molar-refractivity contribution < 1.29 is 22.7 Å². The molecule has 0 spiro atoms. The first kappa shape index (κ1) is 23.6. The molecule has 3 heterocycles.